The monoisotopic (exact) mass is 366 g/mol. The molecule has 6 nitrogen and oxygen atoms in total. The summed E-state index contributed by atoms with van der Waals surface area (Å²) >= 11 is 0. The molecule has 3 aromatic rings. The number of fused-ring (bicyclic) bond motifs is 1. The molecule has 2 N–H and O–H groups in total. The van der Waals surface area contributed by atoms with Crippen LogP contribution in [-0.4, -0.2) is 46.2 Å². The molecule has 4 rings (SSSR count). The van der Waals surface area contributed by atoms with Crippen LogP contribution < -0.4 is 5.63 Å². The highest BCUT2D eigenvalue weighted by Gasteiger charge is 2.19. The lowest BCUT2D eigenvalue weighted by Gasteiger charge is -2.34. The first-order chi connectivity index (χ1) is 13.1. The Hall–Kier alpha value is -2.83. The van der Waals surface area contributed by atoms with E-state index in [4.69, 9.17) is 4.42 Å². The maximum atomic E-state index is 11.9. The summed E-state index contributed by atoms with van der Waals surface area (Å²) in [5.41, 5.74) is 1.95. The fourth-order valence-corrected chi connectivity index (χ4v) is 3.57. The van der Waals surface area contributed by atoms with Gasteiger partial charge in [0, 0.05) is 56.8 Å². The topological polar surface area (TPSA) is 77.2 Å². The maximum Gasteiger partial charge on any atom is 0.336 e. The molecule has 1 fully saturated rings. The van der Waals surface area contributed by atoms with Crippen molar-refractivity contribution in [1.29, 1.82) is 0 Å². The zero-order chi connectivity index (χ0) is 18.8. The highest BCUT2D eigenvalue weighted by molar-refractivity contribution is 5.83. The Labute approximate surface area is 156 Å². The van der Waals surface area contributed by atoms with Crippen molar-refractivity contribution in [1.82, 2.24) is 9.80 Å². The minimum atomic E-state index is -0.453. The SMILES string of the molecule is O=c1cc(CN2CCN(Cc3ccccc3)CC2)c2cc(O)c(O)cc2o1. The minimum Gasteiger partial charge on any atom is -0.504 e. The van der Waals surface area contributed by atoms with Crippen molar-refractivity contribution in [2.75, 3.05) is 26.2 Å². The summed E-state index contributed by atoms with van der Waals surface area (Å²) in [7, 11) is 0. The molecule has 0 amide bonds. The van der Waals surface area contributed by atoms with E-state index in [-0.39, 0.29) is 17.1 Å². The zero-order valence-corrected chi connectivity index (χ0v) is 15.0. The van der Waals surface area contributed by atoms with Crippen molar-refractivity contribution < 1.29 is 14.6 Å². The lowest BCUT2D eigenvalue weighted by Crippen LogP contribution is -2.45. The summed E-state index contributed by atoms with van der Waals surface area (Å²) in [5, 5.41) is 20.1. The summed E-state index contributed by atoms with van der Waals surface area (Å²) in [4.78, 5) is 16.6. The van der Waals surface area contributed by atoms with Crippen molar-refractivity contribution >= 4 is 11.0 Å². The van der Waals surface area contributed by atoms with Crippen LogP contribution in [0.5, 0.6) is 11.5 Å². The lowest BCUT2D eigenvalue weighted by molar-refractivity contribution is 0.122. The number of hydrogen-bond donors (Lipinski definition) is 2. The fourth-order valence-electron chi connectivity index (χ4n) is 3.57. The second kappa shape index (κ2) is 7.42. The standard InChI is InChI=1S/C21H22N2O4/c24-18-11-17-16(10-21(26)27-20(17)12-19(18)25)14-23-8-6-22(7-9-23)13-15-4-2-1-3-5-15/h1-5,10-12,24-25H,6-9,13-14H2. The van der Waals surface area contributed by atoms with Crippen LogP contribution in [0.1, 0.15) is 11.1 Å². The molecule has 0 unspecified atom stereocenters. The third kappa shape index (κ3) is 3.97. The van der Waals surface area contributed by atoms with Crippen molar-refractivity contribution in [2.24, 2.45) is 0 Å². The first-order valence-corrected chi connectivity index (χ1v) is 9.06. The molecule has 27 heavy (non-hydrogen) atoms. The molecule has 2 aromatic carbocycles. The van der Waals surface area contributed by atoms with Gasteiger partial charge in [-0.2, -0.15) is 0 Å². The van der Waals surface area contributed by atoms with Gasteiger partial charge in [0.2, 0.25) is 0 Å². The number of piperazine rings is 1. The second-order valence-electron chi connectivity index (χ2n) is 6.97. The molecule has 0 radical (unpaired) electrons. The Morgan fingerprint density at radius 3 is 2.19 bits per heavy atom. The number of phenolic OH excluding ortho intramolecular Hbond substituents is 2. The van der Waals surface area contributed by atoms with Gasteiger partial charge in [-0.3, -0.25) is 9.80 Å². The predicted octanol–water partition coefficient (Wildman–Crippen LogP) is 2.52. The quantitative estimate of drug-likeness (QED) is 0.546. The van der Waals surface area contributed by atoms with E-state index in [2.05, 4.69) is 34.1 Å². The molecule has 2 heterocycles. The molecule has 0 spiro atoms. The van der Waals surface area contributed by atoms with Gasteiger partial charge in [-0.25, -0.2) is 4.79 Å². The molecule has 1 aliphatic heterocycles. The lowest BCUT2D eigenvalue weighted by atomic mass is 10.1. The Bertz CT molecular complexity index is 992. The number of aromatic hydroxyl groups is 2. The predicted molar refractivity (Wildman–Crippen MR) is 103 cm³/mol. The van der Waals surface area contributed by atoms with Crippen LogP contribution in [0.3, 0.4) is 0 Å². The first-order valence-electron chi connectivity index (χ1n) is 9.06. The Kier molecular flexibility index (Phi) is 4.83. The molecule has 140 valence electrons. The van der Waals surface area contributed by atoms with Crippen molar-refractivity contribution in [3.8, 4) is 11.5 Å². The molecular weight excluding hydrogens is 344 g/mol. The average molecular weight is 366 g/mol. The van der Waals surface area contributed by atoms with E-state index >= 15 is 0 Å². The third-order valence-electron chi connectivity index (χ3n) is 5.03. The van der Waals surface area contributed by atoms with Gasteiger partial charge in [0.15, 0.2) is 11.5 Å². The van der Waals surface area contributed by atoms with E-state index in [0.29, 0.717) is 11.9 Å². The summed E-state index contributed by atoms with van der Waals surface area (Å²) < 4.78 is 5.16. The van der Waals surface area contributed by atoms with E-state index in [1.165, 1.54) is 23.8 Å². The van der Waals surface area contributed by atoms with Crippen LogP contribution in [0.4, 0.5) is 0 Å². The van der Waals surface area contributed by atoms with Crippen LogP contribution in [0.15, 0.2) is 57.7 Å². The molecule has 0 atom stereocenters. The highest BCUT2D eigenvalue weighted by atomic mass is 16.4. The van der Waals surface area contributed by atoms with E-state index in [9.17, 15) is 15.0 Å². The normalized spacial score (nSPS) is 16.0. The number of rotatable bonds is 4. The average Bonchev–Trinajstić information content (AvgIpc) is 2.66. The van der Waals surface area contributed by atoms with E-state index in [0.717, 1.165) is 38.3 Å². The fraction of sp³-hybridized carbons (Fsp3) is 0.286. The first kappa shape index (κ1) is 17.6. The number of hydrogen-bond acceptors (Lipinski definition) is 6. The number of nitrogens with zero attached hydrogens (tertiary/aromatic N) is 2. The summed E-state index contributed by atoms with van der Waals surface area (Å²) in [5.74, 6) is -0.511. The van der Waals surface area contributed by atoms with Gasteiger partial charge in [0.25, 0.3) is 0 Å². The largest absolute Gasteiger partial charge is 0.504 e. The van der Waals surface area contributed by atoms with Gasteiger partial charge < -0.3 is 14.6 Å². The molecule has 1 saturated heterocycles. The third-order valence-corrected chi connectivity index (χ3v) is 5.03. The van der Waals surface area contributed by atoms with Gasteiger partial charge in [-0.15, -0.1) is 0 Å². The Morgan fingerprint density at radius 1 is 0.852 bits per heavy atom. The van der Waals surface area contributed by atoms with Crippen LogP contribution in [0, 0.1) is 0 Å². The molecule has 1 aromatic heterocycles. The summed E-state index contributed by atoms with van der Waals surface area (Å²) in [6, 6.07) is 14.6. The summed E-state index contributed by atoms with van der Waals surface area (Å²) in [6.45, 7) is 5.27. The zero-order valence-electron chi connectivity index (χ0n) is 15.0. The molecule has 0 saturated carbocycles. The van der Waals surface area contributed by atoms with E-state index in [1.54, 1.807) is 0 Å². The molecular formula is C21H22N2O4. The van der Waals surface area contributed by atoms with Crippen molar-refractivity contribution in [3.05, 3.63) is 70.1 Å². The minimum absolute atomic E-state index is 0.217. The smallest absolute Gasteiger partial charge is 0.336 e. The highest BCUT2D eigenvalue weighted by Crippen LogP contribution is 2.31. The Morgan fingerprint density at radius 2 is 1.48 bits per heavy atom. The molecule has 0 bridgehead atoms. The number of phenols is 2. The van der Waals surface area contributed by atoms with Crippen LogP contribution in [0.2, 0.25) is 0 Å². The van der Waals surface area contributed by atoms with Gasteiger partial charge in [-0.05, 0) is 17.2 Å². The van der Waals surface area contributed by atoms with Gasteiger partial charge >= 0.3 is 5.63 Å². The molecule has 6 heteroatoms. The van der Waals surface area contributed by atoms with Crippen molar-refractivity contribution in [2.45, 2.75) is 13.1 Å². The van der Waals surface area contributed by atoms with Crippen LogP contribution in [-0.2, 0) is 13.1 Å². The molecule has 1 aliphatic rings. The van der Waals surface area contributed by atoms with Crippen LogP contribution in [0.25, 0.3) is 11.0 Å². The number of benzene rings is 2. The van der Waals surface area contributed by atoms with E-state index < -0.39 is 5.63 Å². The van der Waals surface area contributed by atoms with Gasteiger partial charge in [-0.1, -0.05) is 30.3 Å². The van der Waals surface area contributed by atoms with E-state index in [1.807, 2.05) is 6.07 Å². The van der Waals surface area contributed by atoms with Crippen LogP contribution >= 0.6 is 0 Å². The maximum absolute atomic E-state index is 11.9. The summed E-state index contributed by atoms with van der Waals surface area (Å²) in [6.07, 6.45) is 0. The van der Waals surface area contributed by atoms with Crippen molar-refractivity contribution in [3.63, 3.8) is 0 Å². The second-order valence-corrected chi connectivity index (χ2v) is 6.97. The Balaban J connectivity index is 1.46. The van der Waals surface area contributed by atoms with Gasteiger partial charge in [0.05, 0.1) is 0 Å². The van der Waals surface area contributed by atoms with Gasteiger partial charge in [0.1, 0.15) is 5.58 Å². The molecule has 0 aliphatic carbocycles.